The van der Waals surface area contributed by atoms with Gasteiger partial charge in [-0.25, -0.2) is 0 Å². The van der Waals surface area contributed by atoms with Crippen molar-refractivity contribution in [2.24, 2.45) is 0 Å². The van der Waals surface area contributed by atoms with Crippen LogP contribution in [0.3, 0.4) is 0 Å². The molecule has 0 aliphatic rings. The maximum Gasteiger partial charge on any atom is 0.288 e. The van der Waals surface area contributed by atoms with Crippen LogP contribution < -0.4 is 15.4 Å². The lowest BCUT2D eigenvalue weighted by Gasteiger charge is -2.12. The van der Waals surface area contributed by atoms with Crippen LogP contribution in [0.4, 0.5) is 11.4 Å². The molecule has 2 rings (SSSR count). The van der Waals surface area contributed by atoms with E-state index < -0.39 is 10.8 Å². The van der Waals surface area contributed by atoms with Crippen molar-refractivity contribution in [3.63, 3.8) is 0 Å². The van der Waals surface area contributed by atoms with Crippen molar-refractivity contribution in [3.8, 4) is 5.75 Å². The predicted octanol–water partition coefficient (Wildman–Crippen LogP) is 4.08. The molecule has 0 heterocycles. The van der Waals surface area contributed by atoms with Crippen LogP contribution in [-0.4, -0.2) is 22.5 Å². The number of nitrogens with zero attached hydrogens (tertiary/aromatic N) is 1. The van der Waals surface area contributed by atoms with Gasteiger partial charge in [-0.05, 0) is 55.9 Å². The predicted molar refractivity (Wildman–Crippen MR) is 104 cm³/mol. The average molecular weight is 394 g/mol. The van der Waals surface area contributed by atoms with Crippen LogP contribution in [0.15, 0.2) is 36.4 Å². The number of ether oxygens (including phenoxy) is 1. The van der Waals surface area contributed by atoms with E-state index in [9.17, 15) is 14.9 Å². The number of aryl methyl sites for hydroxylation is 1. The van der Waals surface area contributed by atoms with E-state index in [0.717, 1.165) is 0 Å². The largest absolute Gasteiger partial charge is 0.494 e. The number of hydrogen-bond donors (Lipinski definition) is 2. The number of carbonyl (C=O) groups is 1. The summed E-state index contributed by atoms with van der Waals surface area (Å²) in [6.07, 6.45) is 0. The van der Waals surface area contributed by atoms with Gasteiger partial charge in [0.2, 0.25) is 0 Å². The van der Waals surface area contributed by atoms with Crippen LogP contribution in [0.1, 0.15) is 22.8 Å². The molecule has 0 spiro atoms. The molecule has 7 nitrogen and oxygen atoms in total. The van der Waals surface area contributed by atoms with Gasteiger partial charge in [-0.3, -0.25) is 20.2 Å². The Labute approximate surface area is 160 Å². The monoisotopic (exact) mass is 393 g/mol. The van der Waals surface area contributed by atoms with E-state index in [1.165, 1.54) is 12.1 Å². The van der Waals surface area contributed by atoms with E-state index in [1.807, 2.05) is 6.92 Å². The molecular weight excluding hydrogens is 378 g/mol. The third-order valence-corrected chi connectivity index (χ3v) is 3.88. The Morgan fingerprint density at radius 2 is 2.08 bits per heavy atom. The van der Waals surface area contributed by atoms with Gasteiger partial charge in [-0.1, -0.05) is 17.7 Å². The molecule has 0 atom stereocenters. The molecule has 9 heteroatoms. The molecule has 0 aromatic heterocycles. The van der Waals surface area contributed by atoms with E-state index in [0.29, 0.717) is 29.2 Å². The van der Waals surface area contributed by atoms with E-state index in [1.54, 1.807) is 31.2 Å². The fraction of sp³-hybridized carbons (Fsp3) is 0.176. The van der Waals surface area contributed by atoms with Crippen molar-refractivity contribution in [3.05, 3.63) is 62.7 Å². The second kappa shape index (κ2) is 8.59. The highest BCUT2D eigenvalue weighted by molar-refractivity contribution is 7.80. The van der Waals surface area contributed by atoms with Gasteiger partial charge >= 0.3 is 0 Å². The summed E-state index contributed by atoms with van der Waals surface area (Å²) in [7, 11) is 0. The maximum absolute atomic E-state index is 12.3. The summed E-state index contributed by atoms with van der Waals surface area (Å²) in [6, 6.07) is 9.42. The molecule has 0 unspecified atom stereocenters. The fourth-order valence-electron chi connectivity index (χ4n) is 2.16. The summed E-state index contributed by atoms with van der Waals surface area (Å²) in [4.78, 5) is 22.6. The molecule has 0 radical (unpaired) electrons. The second-order valence-corrected chi connectivity index (χ2v) is 6.06. The van der Waals surface area contributed by atoms with Crippen LogP contribution in [0, 0.1) is 17.0 Å². The van der Waals surface area contributed by atoms with E-state index in [-0.39, 0.29) is 15.8 Å². The number of benzene rings is 2. The highest BCUT2D eigenvalue weighted by Gasteiger charge is 2.16. The number of carbonyl (C=O) groups excluding carboxylic acids is 1. The number of nitro benzene ring substituents is 1. The van der Waals surface area contributed by atoms with Gasteiger partial charge in [-0.15, -0.1) is 0 Å². The lowest BCUT2D eigenvalue weighted by molar-refractivity contribution is -0.384. The lowest BCUT2D eigenvalue weighted by atomic mass is 10.2. The van der Waals surface area contributed by atoms with Crippen molar-refractivity contribution in [1.29, 1.82) is 0 Å². The smallest absolute Gasteiger partial charge is 0.288 e. The van der Waals surface area contributed by atoms with E-state index >= 15 is 0 Å². The van der Waals surface area contributed by atoms with Gasteiger partial charge in [0.25, 0.3) is 11.6 Å². The maximum atomic E-state index is 12.3. The van der Waals surface area contributed by atoms with Gasteiger partial charge in [-0.2, -0.15) is 0 Å². The number of hydrogen-bond acceptors (Lipinski definition) is 5. The molecule has 2 aromatic carbocycles. The quantitative estimate of drug-likeness (QED) is 0.451. The zero-order valence-electron chi connectivity index (χ0n) is 14.0. The van der Waals surface area contributed by atoms with Crippen molar-refractivity contribution < 1.29 is 14.5 Å². The van der Waals surface area contributed by atoms with Gasteiger partial charge in [0, 0.05) is 17.3 Å². The first-order valence-electron chi connectivity index (χ1n) is 7.61. The molecular formula is C17H16ClN3O4S. The Bertz CT molecular complexity index is 873. The Balaban J connectivity index is 2.09. The number of rotatable bonds is 5. The first-order chi connectivity index (χ1) is 12.3. The van der Waals surface area contributed by atoms with Gasteiger partial charge in [0.05, 0.1) is 11.5 Å². The second-order valence-electron chi connectivity index (χ2n) is 5.24. The van der Waals surface area contributed by atoms with Crippen LogP contribution in [0.2, 0.25) is 5.02 Å². The lowest BCUT2D eigenvalue weighted by Crippen LogP contribution is -2.34. The zero-order valence-corrected chi connectivity index (χ0v) is 15.6. The Morgan fingerprint density at radius 3 is 2.73 bits per heavy atom. The molecule has 26 heavy (non-hydrogen) atoms. The van der Waals surface area contributed by atoms with Gasteiger partial charge < -0.3 is 10.1 Å². The topological polar surface area (TPSA) is 93.5 Å². The van der Waals surface area contributed by atoms with Crippen molar-refractivity contribution >= 4 is 46.2 Å². The molecule has 0 aliphatic heterocycles. The number of amides is 1. The molecule has 1 amide bonds. The standard InChI is InChI=1S/C17H16ClN3O4S/c1-3-25-12-6-4-5-11(8-12)16(22)20-17(26)19-14-9-13(18)15(21(23)24)7-10(14)2/h4-9H,3H2,1-2H3,(H2,19,20,22,26). The number of thiocarbonyl (C=S) groups is 1. The van der Waals surface area contributed by atoms with E-state index in [2.05, 4.69) is 10.6 Å². The molecule has 0 fully saturated rings. The third-order valence-electron chi connectivity index (χ3n) is 3.37. The van der Waals surface area contributed by atoms with E-state index in [4.69, 9.17) is 28.6 Å². The van der Waals surface area contributed by atoms with Crippen LogP contribution >= 0.6 is 23.8 Å². The van der Waals surface area contributed by atoms with Crippen LogP contribution in [0.5, 0.6) is 5.75 Å². The first-order valence-corrected chi connectivity index (χ1v) is 8.40. The highest BCUT2D eigenvalue weighted by atomic mass is 35.5. The Kier molecular flexibility index (Phi) is 6.48. The summed E-state index contributed by atoms with van der Waals surface area (Å²) >= 11 is 11.0. The molecule has 0 saturated heterocycles. The average Bonchev–Trinajstić information content (AvgIpc) is 2.58. The SMILES string of the molecule is CCOc1cccc(C(=O)NC(=S)Nc2cc(Cl)c([N+](=O)[O-])cc2C)c1. The summed E-state index contributed by atoms with van der Waals surface area (Å²) in [6.45, 7) is 4.01. The molecule has 0 saturated carbocycles. The molecule has 136 valence electrons. The molecule has 2 N–H and O–H groups in total. The van der Waals surface area contributed by atoms with Crippen molar-refractivity contribution in [2.45, 2.75) is 13.8 Å². The number of nitrogens with one attached hydrogen (secondary N) is 2. The minimum absolute atomic E-state index is 0.0263. The normalized spacial score (nSPS) is 10.1. The molecule has 0 aliphatic carbocycles. The first kappa shape index (κ1) is 19.6. The highest BCUT2D eigenvalue weighted by Crippen LogP contribution is 2.30. The summed E-state index contributed by atoms with van der Waals surface area (Å²) in [5, 5.41) is 16.3. The van der Waals surface area contributed by atoms with Crippen LogP contribution in [0.25, 0.3) is 0 Å². The summed E-state index contributed by atoms with van der Waals surface area (Å²) in [5.41, 5.74) is 1.22. The number of halogens is 1. The summed E-state index contributed by atoms with van der Waals surface area (Å²) in [5.74, 6) is 0.173. The fourth-order valence-corrected chi connectivity index (χ4v) is 2.60. The van der Waals surface area contributed by atoms with Gasteiger partial charge in [0.15, 0.2) is 5.11 Å². The van der Waals surface area contributed by atoms with Crippen molar-refractivity contribution in [1.82, 2.24) is 5.32 Å². The minimum Gasteiger partial charge on any atom is -0.494 e. The third kappa shape index (κ3) is 4.90. The van der Waals surface area contributed by atoms with Crippen LogP contribution in [-0.2, 0) is 0 Å². The Hall–Kier alpha value is -2.71. The minimum atomic E-state index is -0.565. The van der Waals surface area contributed by atoms with Crippen molar-refractivity contribution in [2.75, 3.05) is 11.9 Å². The zero-order chi connectivity index (χ0) is 19.3. The molecule has 2 aromatic rings. The number of nitro groups is 1. The number of anilines is 1. The summed E-state index contributed by atoms with van der Waals surface area (Å²) < 4.78 is 5.36. The van der Waals surface area contributed by atoms with Gasteiger partial charge in [0.1, 0.15) is 10.8 Å². The molecule has 0 bridgehead atoms. The Morgan fingerprint density at radius 1 is 1.35 bits per heavy atom.